The van der Waals surface area contributed by atoms with E-state index in [-0.39, 0.29) is 11.9 Å². The fraction of sp³-hybridized carbons (Fsp3) is 0.250. The Morgan fingerprint density at radius 2 is 1.93 bits per heavy atom. The van der Waals surface area contributed by atoms with Gasteiger partial charge in [0.25, 0.3) is 5.91 Å². The first-order valence-corrected chi connectivity index (χ1v) is 8.81. The van der Waals surface area contributed by atoms with Gasteiger partial charge in [-0.1, -0.05) is 0 Å². The summed E-state index contributed by atoms with van der Waals surface area (Å²) in [6.45, 7) is 1.89. The third-order valence-electron chi connectivity index (χ3n) is 4.85. The summed E-state index contributed by atoms with van der Waals surface area (Å²) in [5, 5.41) is 7.37. The lowest BCUT2D eigenvalue weighted by molar-refractivity contribution is 0.0933. The minimum atomic E-state index is -0.938. The first-order chi connectivity index (χ1) is 13.0. The van der Waals surface area contributed by atoms with E-state index in [1.165, 1.54) is 6.07 Å². The van der Waals surface area contributed by atoms with Crippen LogP contribution in [0.25, 0.3) is 5.69 Å². The number of fused-ring (bicyclic) bond motifs is 1. The van der Waals surface area contributed by atoms with Crippen LogP contribution in [0.4, 0.5) is 8.78 Å². The molecule has 7 heteroatoms. The summed E-state index contributed by atoms with van der Waals surface area (Å²) >= 11 is 0. The molecule has 1 unspecified atom stereocenters. The summed E-state index contributed by atoms with van der Waals surface area (Å²) in [7, 11) is 0. The van der Waals surface area contributed by atoms with Crippen molar-refractivity contribution in [2.45, 2.75) is 32.2 Å². The van der Waals surface area contributed by atoms with Crippen LogP contribution in [-0.2, 0) is 12.8 Å². The number of rotatable bonds is 4. The summed E-state index contributed by atoms with van der Waals surface area (Å²) in [4.78, 5) is 16.8. The Balaban J connectivity index is 1.66. The SMILES string of the molecule is CC(NC(=O)c1nn(-c2ccc(F)c(F)c2)c2c1CCC2)c1ccncc1. The summed E-state index contributed by atoms with van der Waals surface area (Å²) in [5.74, 6) is -2.13. The molecule has 0 radical (unpaired) electrons. The number of halogens is 2. The van der Waals surface area contributed by atoms with Crippen molar-refractivity contribution >= 4 is 5.91 Å². The molecule has 0 aliphatic heterocycles. The Bertz CT molecular complexity index is 1000. The maximum absolute atomic E-state index is 13.6. The average molecular weight is 368 g/mol. The maximum Gasteiger partial charge on any atom is 0.272 e. The minimum absolute atomic E-state index is 0.203. The van der Waals surface area contributed by atoms with Gasteiger partial charge in [-0.05, 0) is 56.0 Å². The van der Waals surface area contributed by atoms with E-state index in [0.29, 0.717) is 11.4 Å². The van der Waals surface area contributed by atoms with Gasteiger partial charge in [-0.25, -0.2) is 13.5 Å². The highest BCUT2D eigenvalue weighted by Crippen LogP contribution is 2.28. The molecule has 1 aliphatic rings. The molecule has 4 rings (SSSR count). The summed E-state index contributed by atoms with van der Waals surface area (Å²) < 4.78 is 28.4. The van der Waals surface area contributed by atoms with E-state index in [4.69, 9.17) is 0 Å². The maximum atomic E-state index is 13.6. The normalized spacial score (nSPS) is 14.0. The molecule has 1 N–H and O–H groups in total. The first kappa shape index (κ1) is 17.3. The van der Waals surface area contributed by atoms with Crippen molar-refractivity contribution in [3.05, 3.63) is 76.9 Å². The minimum Gasteiger partial charge on any atom is -0.344 e. The average Bonchev–Trinajstić information content (AvgIpc) is 3.27. The monoisotopic (exact) mass is 368 g/mol. The highest BCUT2D eigenvalue weighted by atomic mass is 19.2. The molecule has 2 aromatic heterocycles. The number of nitrogens with one attached hydrogen (secondary N) is 1. The van der Waals surface area contributed by atoms with E-state index in [1.807, 2.05) is 19.1 Å². The van der Waals surface area contributed by atoms with Gasteiger partial charge in [0.05, 0.1) is 11.7 Å². The molecule has 1 aromatic carbocycles. The van der Waals surface area contributed by atoms with Gasteiger partial charge in [0.2, 0.25) is 0 Å². The van der Waals surface area contributed by atoms with Crippen LogP contribution < -0.4 is 5.32 Å². The molecule has 5 nitrogen and oxygen atoms in total. The lowest BCUT2D eigenvalue weighted by Gasteiger charge is -2.13. The van der Waals surface area contributed by atoms with Gasteiger partial charge in [-0.2, -0.15) is 5.10 Å². The second kappa shape index (κ2) is 6.90. The Kier molecular flexibility index (Phi) is 4.43. The van der Waals surface area contributed by atoms with E-state index in [2.05, 4.69) is 15.4 Å². The smallest absolute Gasteiger partial charge is 0.272 e. The zero-order chi connectivity index (χ0) is 19.0. The molecule has 0 fully saturated rings. The van der Waals surface area contributed by atoms with Crippen LogP contribution in [0.2, 0.25) is 0 Å². The van der Waals surface area contributed by atoms with Crippen LogP contribution in [0.15, 0.2) is 42.7 Å². The highest BCUT2D eigenvalue weighted by molar-refractivity contribution is 5.94. The third-order valence-corrected chi connectivity index (χ3v) is 4.85. The fourth-order valence-corrected chi connectivity index (χ4v) is 3.45. The molecule has 138 valence electrons. The van der Waals surface area contributed by atoms with Crippen molar-refractivity contribution in [1.82, 2.24) is 20.1 Å². The standard InChI is InChI=1S/C20H18F2N4O/c1-12(13-7-9-23-10-8-13)24-20(27)19-15-3-2-4-18(15)26(25-19)14-5-6-16(21)17(22)11-14/h5-12H,2-4H2,1H3,(H,24,27). The zero-order valence-corrected chi connectivity index (χ0v) is 14.7. The molecular formula is C20H18F2N4O. The number of pyridine rings is 1. The number of benzene rings is 1. The second-order valence-corrected chi connectivity index (χ2v) is 6.61. The lowest BCUT2D eigenvalue weighted by atomic mass is 10.1. The third kappa shape index (κ3) is 3.20. The van der Waals surface area contributed by atoms with Crippen molar-refractivity contribution in [2.75, 3.05) is 0 Å². The van der Waals surface area contributed by atoms with Gasteiger partial charge in [0.1, 0.15) is 0 Å². The molecule has 1 amide bonds. The van der Waals surface area contributed by atoms with Crippen molar-refractivity contribution < 1.29 is 13.6 Å². The van der Waals surface area contributed by atoms with Crippen LogP contribution in [0.1, 0.15) is 46.7 Å². The van der Waals surface area contributed by atoms with E-state index in [0.717, 1.165) is 48.2 Å². The van der Waals surface area contributed by atoms with Crippen molar-refractivity contribution in [1.29, 1.82) is 0 Å². The number of hydrogen-bond acceptors (Lipinski definition) is 3. The number of amides is 1. The first-order valence-electron chi connectivity index (χ1n) is 8.81. The molecule has 3 aromatic rings. The van der Waals surface area contributed by atoms with Crippen molar-refractivity contribution in [2.24, 2.45) is 0 Å². The van der Waals surface area contributed by atoms with Crippen LogP contribution in [0.3, 0.4) is 0 Å². The van der Waals surface area contributed by atoms with Gasteiger partial charge in [0.15, 0.2) is 17.3 Å². The van der Waals surface area contributed by atoms with Crippen LogP contribution in [-0.4, -0.2) is 20.7 Å². The Labute approximate surface area is 155 Å². The summed E-state index contributed by atoms with van der Waals surface area (Å²) in [6, 6.07) is 7.11. The number of carbonyl (C=O) groups is 1. The molecular weight excluding hydrogens is 350 g/mol. The van der Waals surface area contributed by atoms with Gasteiger partial charge in [-0.3, -0.25) is 9.78 Å². The topological polar surface area (TPSA) is 59.8 Å². The molecule has 1 atom stereocenters. The van der Waals surface area contributed by atoms with Gasteiger partial charge in [-0.15, -0.1) is 0 Å². The molecule has 0 saturated heterocycles. The van der Waals surface area contributed by atoms with Crippen molar-refractivity contribution in [3.8, 4) is 5.69 Å². The predicted molar refractivity (Wildman–Crippen MR) is 95.6 cm³/mol. The summed E-state index contributed by atoms with van der Waals surface area (Å²) in [5.41, 5.74) is 3.44. The largest absolute Gasteiger partial charge is 0.344 e. The van der Waals surface area contributed by atoms with Crippen LogP contribution in [0.5, 0.6) is 0 Å². The molecule has 0 spiro atoms. The van der Waals surface area contributed by atoms with E-state index in [1.54, 1.807) is 17.1 Å². The Morgan fingerprint density at radius 3 is 2.67 bits per heavy atom. The van der Waals surface area contributed by atoms with Crippen molar-refractivity contribution in [3.63, 3.8) is 0 Å². The molecule has 2 heterocycles. The number of nitrogens with zero attached hydrogens (tertiary/aromatic N) is 3. The quantitative estimate of drug-likeness (QED) is 0.766. The number of hydrogen-bond donors (Lipinski definition) is 1. The predicted octanol–water partition coefficient (Wildman–Crippen LogP) is 3.53. The Hall–Kier alpha value is -3.09. The van der Waals surface area contributed by atoms with E-state index in [9.17, 15) is 13.6 Å². The number of aromatic nitrogens is 3. The Morgan fingerprint density at radius 1 is 1.15 bits per heavy atom. The van der Waals surface area contributed by atoms with Crippen LogP contribution >= 0.6 is 0 Å². The highest BCUT2D eigenvalue weighted by Gasteiger charge is 2.28. The number of carbonyl (C=O) groups excluding carboxylic acids is 1. The molecule has 0 saturated carbocycles. The van der Waals surface area contributed by atoms with E-state index < -0.39 is 11.6 Å². The van der Waals surface area contributed by atoms with Gasteiger partial charge < -0.3 is 5.32 Å². The van der Waals surface area contributed by atoms with E-state index >= 15 is 0 Å². The molecule has 0 bridgehead atoms. The second-order valence-electron chi connectivity index (χ2n) is 6.61. The van der Waals surface area contributed by atoms with Gasteiger partial charge in [0, 0.05) is 29.7 Å². The summed E-state index contributed by atoms with van der Waals surface area (Å²) in [6.07, 6.45) is 5.73. The van der Waals surface area contributed by atoms with Gasteiger partial charge >= 0.3 is 0 Å². The molecule has 27 heavy (non-hydrogen) atoms. The van der Waals surface area contributed by atoms with Crippen LogP contribution in [0, 0.1) is 11.6 Å². The fourth-order valence-electron chi connectivity index (χ4n) is 3.45. The zero-order valence-electron chi connectivity index (χ0n) is 14.7. The lowest BCUT2D eigenvalue weighted by Crippen LogP contribution is -2.28. The molecule has 1 aliphatic carbocycles.